The number of phosphoric ester groups is 2. The number of H-pyrrole nitrogens is 1. The number of unbranched alkanes of at least 4 members (excludes halogenated alkanes) is 16. The molecule has 3 unspecified atom stereocenters. The molecule has 0 saturated carbocycles. The van der Waals surface area contributed by atoms with E-state index in [2.05, 4.69) is 23.1 Å². The Bertz CT molecular complexity index is 2370. The van der Waals surface area contributed by atoms with Crippen LogP contribution in [0, 0.1) is 6.92 Å². The number of hydrogen-bond donors (Lipinski definition) is 3. The molecule has 0 fully saturated rings. The van der Waals surface area contributed by atoms with E-state index in [-0.39, 0.29) is 30.1 Å². The van der Waals surface area contributed by atoms with Crippen LogP contribution < -0.4 is 20.7 Å². The van der Waals surface area contributed by atoms with E-state index in [1.54, 1.807) is 0 Å². The second kappa shape index (κ2) is 31.5. The molecule has 0 amide bonds. The molecule has 0 bridgehead atoms. The average molecular weight is 1060 g/mol. The third-order valence-corrected chi connectivity index (χ3v) is 15.7. The highest BCUT2D eigenvalue weighted by Gasteiger charge is 2.44. The van der Waals surface area contributed by atoms with Crippen molar-refractivity contribution in [1.29, 1.82) is 0 Å². The van der Waals surface area contributed by atoms with Crippen molar-refractivity contribution >= 4 is 35.6 Å². The van der Waals surface area contributed by atoms with Crippen LogP contribution in [-0.2, 0) is 63.4 Å². The summed E-state index contributed by atoms with van der Waals surface area (Å²) in [4.78, 5) is 71.7. The number of nitrogens with zero attached hydrogens (tertiary/aromatic N) is 1. The third kappa shape index (κ3) is 24.0. The summed E-state index contributed by atoms with van der Waals surface area (Å²) < 4.78 is 87.5. The van der Waals surface area contributed by atoms with Crippen molar-refractivity contribution < 1.29 is 74.2 Å². The molecule has 0 aliphatic carbocycles. The van der Waals surface area contributed by atoms with Crippen LogP contribution in [0.4, 0.5) is 4.79 Å². The number of aromatic nitrogens is 2. The van der Waals surface area contributed by atoms with E-state index in [9.17, 15) is 42.7 Å². The fourth-order valence-corrected chi connectivity index (χ4v) is 11.2. The SMILES string of the molecule is CCCCCCCCCCCCCCCCOC(=O)Oc1ccc(COP(=O)(OCc2ccc(OC(=O)CCCCCC)cc2)OP(=O)(O)OP(=O)(O)OC[C@@H]2C=C[C@H](n3cc(C)c(=O)[nH]c3=O)O2)cc1. The molecule has 20 nitrogen and oxygen atoms in total. The Labute approximate surface area is 415 Å². The summed E-state index contributed by atoms with van der Waals surface area (Å²) in [6.45, 7) is 4.11. The number of hydrogen-bond acceptors (Lipinski definition) is 16. The number of phosphoric acid groups is 3. The maximum absolute atomic E-state index is 14.0. The summed E-state index contributed by atoms with van der Waals surface area (Å²) in [5.74, 6) is -0.0521. The fourth-order valence-electron chi connectivity index (χ4n) is 7.14. The van der Waals surface area contributed by atoms with Gasteiger partial charge in [-0.25, -0.2) is 23.3 Å². The predicted octanol–water partition coefficient (Wildman–Crippen LogP) is 12.0. The summed E-state index contributed by atoms with van der Waals surface area (Å²) in [5.41, 5.74) is -0.527. The Morgan fingerprint density at radius 3 is 1.70 bits per heavy atom. The highest BCUT2D eigenvalue weighted by atomic mass is 31.3. The summed E-state index contributed by atoms with van der Waals surface area (Å²) in [5, 5.41) is 0. The van der Waals surface area contributed by atoms with Crippen molar-refractivity contribution in [1.82, 2.24) is 9.55 Å². The molecule has 2 aromatic carbocycles. The van der Waals surface area contributed by atoms with Crippen LogP contribution in [0.15, 0.2) is 76.5 Å². The van der Waals surface area contributed by atoms with Crippen molar-refractivity contribution in [2.75, 3.05) is 13.2 Å². The number of rotatable bonds is 36. The van der Waals surface area contributed by atoms with Crippen LogP contribution in [0.25, 0.3) is 0 Å². The maximum Gasteiger partial charge on any atom is 0.513 e. The summed E-state index contributed by atoms with van der Waals surface area (Å²) in [6, 6.07) is 11.5. The summed E-state index contributed by atoms with van der Waals surface area (Å²) >= 11 is 0. The third-order valence-electron chi connectivity index (χ3n) is 11.0. The van der Waals surface area contributed by atoms with E-state index in [0.717, 1.165) is 43.1 Å². The van der Waals surface area contributed by atoms with Crippen LogP contribution >= 0.6 is 23.5 Å². The largest absolute Gasteiger partial charge is 0.513 e. The fraction of sp³-hybridized carbons (Fsp3) is 0.583. The number of aromatic amines is 1. The minimum Gasteiger partial charge on any atom is -0.434 e. The van der Waals surface area contributed by atoms with Gasteiger partial charge in [0.2, 0.25) is 0 Å². The van der Waals surface area contributed by atoms with Gasteiger partial charge in [0.15, 0.2) is 6.23 Å². The van der Waals surface area contributed by atoms with E-state index < -0.39 is 79.0 Å². The first-order valence-electron chi connectivity index (χ1n) is 24.5. The van der Waals surface area contributed by atoms with Gasteiger partial charge in [-0.15, -0.1) is 0 Å². The van der Waals surface area contributed by atoms with Gasteiger partial charge in [0.25, 0.3) is 5.56 Å². The molecule has 4 rings (SSSR count). The maximum atomic E-state index is 14.0. The Hall–Kier alpha value is -4.03. The second-order valence-electron chi connectivity index (χ2n) is 17.2. The molecule has 23 heteroatoms. The zero-order chi connectivity index (χ0) is 51.5. The first-order chi connectivity index (χ1) is 34.0. The van der Waals surface area contributed by atoms with Crippen molar-refractivity contribution in [3.05, 3.63) is 104 Å². The van der Waals surface area contributed by atoms with E-state index in [4.69, 9.17) is 36.8 Å². The molecule has 396 valence electrons. The van der Waals surface area contributed by atoms with Gasteiger partial charge in [0.1, 0.15) is 17.6 Å². The lowest BCUT2D eigenvalue weighted by Crippen LogP contribution is -2.33. The van der Waals surface area contributed by atoms with Gasteiger partial charge in [-0.05, 0) is 61.2 Å². The van der Waals surface area contributed by atoms with Gasteiger partial charge < -0.3 is 28.7 Å². The van der Waals surface area contributed by atoms with E-state index in [0.29, 0.717) is 24.0 Å². The van der Waals surface area contributed by atoms with Gasteiger partial charge in [-0.3, -0.25) is 32.7 Å². The van der Waals surface area contributed by atoms with Gasteiger partial charge in [-0.1, -0.05) is 147 Å². The Balaban J connectivity index is 1.27. The average Bonchev–Trinajstić information content (AvgIpc) is 3.80. The molecule has 3 N–H and O–H groups in total. The molecule has 0 spiro atoms. The molecule has 1 aromatic heterocycles. The minimum atomic E-state index is -5.82. The molecule has 1 aliphatic rings. The predicted molar refractivity (Wildman–Crippen MR) is 264 cm³/mol. The molecule has 5 atom stereocenters. The monoisotopic (exact) mass is 1060 g/mol. The van der Waals surface area contributed by atoms with Crippen LogP contribution in [-0.4, -0.2) is 50.8 Å². The highest BCUT2D eigenvalue weighted by molar-refractivity contribution is 7.67. The smallest absolute Gasteiger partial charge is 0.434 e. The Kier molecular flexibility index (Phi) is 26.4. The van der Waals surface area contributed by atoms with E-state index >= 15 is 0 Å². The van der Waals surface area contributed by atoms with Crippen molar-refractivity contribution in [2.24, 2.45) is 0 Å². The lowest BCUT2D eigenvalue weighted by Gasteiger charge is -2.22. The molecule has 2 heterocycles. The quantitative estimate of drug-likeness (QED) is 0.0122. The molecule has 0 saturated heterocycles. The number of benzene rings is 2. The molecule has 71 heavy (non-hydrogen) atoms. The van der Waals surface area contributed by atoms with E-state index in [1.165, 1.54) is 138 Å². The molecule has 3 aromatic rings. The first kappa shape index (κ1) is 59.5. The molecule has 0 radical (unpaired) electrons. The van der Waals surface area contributed by atoms with Crippen LogP contribution in [0.5, 0.6) is 11.5 Å². The topological polar surface area (TPSA) is 264 Å². The zero-order valence-electron chi connectivity index (χ0n) is 41.0. The summed E-state index contributed by atoms with van der Waals surface area (Å²) in [6.07, 6.45) is 21.8. The standard InChI is InChI=1S/C48H71N2O18P3/c1-4-6-8-10-11-12-13-14-15-16-17-18-19-21-33-60-48(54)66-42-29-25-40(26-30-42)36-63-71(59,62-35-39-23-27-41(28-24-39)65-45(51)22-20-9-7-5-2)68-70(57,58)67-69(55,56)61-37-43-31-32-44(64-43)50-34-38(3)46(52)49-47(50)53/h23-32,34,43-44H,4-22,33,35-37H2,1-3H3,(H,55,56)(H,57,58)(H,49,52,53)/t43-,44+,71?/m0/s1. The van der Waals surface area contributed by atoms with Crippen LogP contribution in [0.3, 0.4) is 0 Å². The zero-order valence-corrected chi connectivity index (χ0v) is 43.7. The van der Waals surface area contributed by atoms with Gasteiger partial charge in [0, 0.05) is 18.2 Å². The lowest BCUT2D eigenvalue weighted by atomic mass is 10.0. The number of nitrogens with one attached hydrogen (secondary N) is 1. The highest BCUT2D eigenvalue weighted by Crippen LogP contribution is 2.69. The minimum absolute atomic E-state index is 0.127. The van der Waals surface area contributed by atoms with E-state index in [1.807, 2.05) is 0 Å². The van der Waals surface area contributed by atoms with Crippen LogP contribution in [0.1, 0.15) is 159 Å². The number of esters is 1. The van der Waals surface area contributed by atoms with Gasteiger partial charge >= 0.3 is 41.3 Å². The molecular formula is C48H71N2O18P3. The van der Waals surface area contributed by atoms with Crippen molar-refractivity contribution in [2.45, 2.75) is 168 Å². The van der Waals surface area contributed by atoms with Gasteiger partial charge in [0.05, 0.1) is 26.4 Å². The van der Waals surface area contributed by atoms with Crippen LogP contribution in [0.2, 0.25) is 0 Å². The number of carbonyl (C=O) groups is 2. The Morgan fingerprint density at radius 1 is 0.648 bits per heavy atom. The summed E-state index contributed by atoms with van der Waals surface area (Å²) in [7, 11) is -16.5. The lowest BCUT2D eigenvalue weighted by molar-refractivity contribution is -0.134. The molecular weight excluding hydrogens is 985 g/mol. The first-order valence-corrected chi connectivity index (χ1v) is 28.9. The molecule has 1 aliphatic heterocycles. The number of aryl methyl sites for hydroxylation is 1. The van der Waals surface area contributed by atoms with Crippen molar-refractivity contribution in [3.63, 3.8) is 0 Å². The Morgan fingerprint density at radius 2 is 1.15 bits per heavy atom. The second-order valence-corrected chi connectivity index (χ2v) is 22.0. The normalized spacial score (nSPS) is 17.0. The van der Waals surface area contributed by atoms with Gasteiger partial charge in [-0.2, -0.15) is 8.62 Å². The number of ether oxygens (including phenoxy) is 4. The number of carbonyl (C=O) groups excluding carboxylic acids is 2. The van der Waals surface area contributed by atoms with Crippen molar-refractivity contribution in [3.8, 4) is 11.5 Å².